The zero-order valence-electron chi connectivity index (χ0n) is 11.7. The minimum Gasteiger partial charge on any atom is -0.320 e. The molecule has 0 radical (unpaired) electrons. The van der Waals surface area contributed by atoms with Crippen LogP contribution in [0.5, 0.6) is 0 Å². The summed E-state index contributed by atoms with van der Waals surface area (Å²) in [5.41, 5.74) is 8.52. The lowest BCUT2D eigenvalue weighted by Gasteiger charge is -2.16. The standard InChI is InChI=1S/C13H19N3.C2H6/c14-13(4-5-13)12-9-11(3-6-15-12)10-16-7-1-2-8-16;1-2/h3,6,9H,1-2,4-5,7-8,10,14H2;1-2H3. The third kappa shape index (κ3) is 3.09. The van der Waals surface area contributed by atoms with E-state index in [4.69, 9.17) is 5.73 Å². The van der Waals surface area contributed by atoms with E-state index in [0.29, 0.717) is 0 Å². The summed E-state index contributed by atoms with van der Waals surface area (Å²) in [5.74, 6) is 0. The summed E-state index contributed by atoms with van der Waals surface area (Å²) in [6, 6.07) is 4.32. The molecule has 1 aliphatic heterocycles. The molecule has 0 amide bonds. The fourth-order valence-corrected chi connectivity index (χ4v) is 2.43. The second kappa shape index (κ2) is 5.81. The van der Waals surface area contributed by atoms with E-state index in [1.807, 2.05) is 20.0 Å². The van der Waals surface area contributed by atoms with E-state index in [0.717, 1.165) is 25.1 Å². The zero-order chi connectivity index (χ0) is 13.0. The van der Waals surface area contributed by atoms with Gasteiger partial charge in [0.05, 0.1) is 11.2 Å². The molecule has 100 valence electrons. The first-order valence-electron chi connectivity index (χ1n) is 7.23. The molecule has 0 spiro atoms. The first kappa shape index (κ1) is 13.5. The van der Waals surface area contributed by atoms with Crippen molar-refractivity contribution in [2.24, 2.45) is 5.73 Å². The van der Waals surface area contributed by atoms with Gasteiger partial charge < -0.3 is 5.73 Å². The lowest BCUT2D eigenvalue weighted by Crippen LogP contribution is -2.22. The van der Waals surface area contributed by atoms with Crippen molar-refractivity contribution >= 4 is 0 Å². The lowest BCUT2D eigenvalue weighted by molar-refractivity contribution is 0.331. The van der Waals surface area contributed by atoms with Crippen LogP contribution in [0.2, 0.25) is 0 Å². The number of nitrogens with two attached hydrogens (primary N) is 1. The van der Waals surface area contributed by atoms with E-state index >= 15 is 0 Å². The van der Waals surface area contributed by atoms with Crippen molar-refractivity contribution < 1.29 is 0 Å². The number of likely N-dealkylation sites (tertiary alicyclic amines) is 1. The second-order valence-corrected chi connectivity index (χ2v) is 5.19. The van der Waals surface area contributed by atoms with Gasteiger partial charge in [0, 0.05) is 12.7 Å². The Balaban J connectivity index is 0.000000574. The Bertz CT molecular complexity index is 379. The van der Waals surface area contributed by atoms with Crippen molar-refractivity contribution in [1.82, 2.24) is 9.88 Å². The normalized spacial score (nSPS) is 21.3. The fraction of sp³-hybridized carbons (Fsp3) is 0.667. The topological polar surface area (TPSA) is 42.1 Å². The predicted octanol–water partition coefficient (Wildman–Crippen LogP) is 2.65. The number of hydrogen-bond donors (Lipinski definition) is 1. The van der Waals surface area contributed by atoms with Crippen LogP contribution in [0.3, 0.4) is 0 Å². The van der Waals surface area contributed by atoms with Crippen LogP contribution in [0.25, 0.3) is 0 Å². The monoisotopic (exact) mass is 247 g/mol. The molecule has 2 fully saturated rings. The molecule has 3 nitrogen and oxygen atoms in total. The van der Waals surface area contributed by atoms with E-state index in [9.17, 15) is 0 Å². The molecule has 3 rings (SSSR count). The van der Waals surface area contributed by atoms with Crippen LogP contribution in [0, 0.1) is 0 Å². The summed E-state index contributed by atoms with van der Waals surface area (Å²) in [6.45, 7) is 7.54. The molecule has 1 aliphatic carbocycles. The van der Waals surface area contributed by atoms with Gasteiger partial charge in [0.2, 0.25) is 0 Å². The van der Waals surface area contributed by atoms with Gasteiger partial charge in [0.1, 0.15) is 0 Å². The molecule has 2 aliphatic rings. The van der Waals surface area contributed by atoms with Crippen molar-refractivity contribution in [1.29, 1.82) is 0 Å². The van der Waals surface area contributed by atoms with Gasteiger partial charge in [0.15, 0.2) is 0 Å². The number of aromatic nitrogens is 1. The maximum Gasteiger partial charge on any atom is 0.0605 e. The van der Waals surface area contributed by atoms with E-state index in [1.165, 1.54) is 31.5 Å². The fourth-order valence-electron chi connectivity index (χ4n) is 2.43. The predicted molar refractivity (Wildman–Crippen MR) is 75.2 cm³/mol. The molecule has 2 heterocycles. The zero-order valence-corrected chi connectivity index (χ0v) is 11.7. The van der Waals surface area contributed by atoms with Gasteiger partial charge in [-0.25, -0.2) is 0 Å². The van der Waals surface area contributed by atoms with Crippen molar-refractivity contribution in [2.45, 2.75) is 51.6 Å². The Morgan fingerprint density at radius 3 is 2.56 bits per heavy atom. The molecule has 0 bridgehead atoms. The molecule has 0 unspecified atom stereocenters. The quantitative estimate of drug-likeness (QED) is 0.893. The van der Waals surface area contributed by atoms with Crippen LogP contribution in [-0.2, 0) is 12.1 Å². The van der Waals surface area contributed by atoms with Crippen molar-refractivity contribution in [2.75, 3.05) is 13.1 Å². The molecular weight excluding hydrogens is 222 g/mol. The Labute approximate surface area is 110 Å². The van der Waals surface area contributed by atoms with Gasteiger partial charge in [0.25, 0.3) is 0 Å². The van der Waals surface area contributed by atoms with Crippen LogP contribution >= 0.6 is 0 Å². The van der Waals surface area contributed by atoms with Crippen molar-refractivity contribution in [3.8, 4) is 0 Å². The Hall–Kier alpha value is -0.930. The minimum atomic E-state index is -0.0962. The molecule has 1 aromatic heterocycles. The Morgan fingerprint density at radius 1 is 1.28 bits per heavy atom. The number of pyridine rings is 1. The Morgan fingerprint density at radius 2 is 1.94 bits per heavy atom. The average Bonchev–Trinajstić information content (AvgIpc) is 2.96. The van der Waals surface area contributed by atoms with Gasteiger partial charge in [-0.15, -0.1) is 0 Å². The van der Waals surface area contributed by atoms with E-state index in [2.05, 4.69) is 22.0 Å². The molecule has 0 atom stereocenters. The highest BCUT2D eigenvalue weighted by Crippen LogP contribution is 2.41. The van der Waals surface area contributed by atoms with Gasteiger partial charge in [-0.05, 0) is 56.5 Å². The first-order valence-corrected chi connectivity index (χ1v) is 7.23. The average molecular weight is 247 g/mol. The van der Waals surface area contributed by atoms with Gasteiger partial charge >= 0.3 is 0 Å². The maximum absolute atomic E-state index is 6.17. The summed E-state index contributed by atoms with van der Waals surface area (Å²) in [7, 11) is 0. The highest BCUT2D eigenvalue weighted by atomic mass is 15.1. The molecular formula is C15H25N3. The largest absolute Gasteiger partial charge is 0.320 e. The highest BCUT2D eigenvalue weighted by molar-refractivity contribution is 5.26. The molecule has 0 aromatic carbocycles. The third-order valence-corrected chi connectivity index (χ3v) is 3.73. The van der Waals surface area contributed by atoms with Crippen LogP contribution in [0.4, 0.5) is 0 Å². The van der Waals surface area contributed by atoms with E-state index in [-0.39, 0.29) is 5.54 Å². The Kier molecular flexibility index (Phi) is 4.36. The molecule has 18 heavy (non-hydrogen) atoms. The summed E-state index contributed by atoms with van der Waals surface area (Å²) in [6.07, 6.45) is 6.78. The van der Waals surface area contributed by atoms with Gasteiger partial charge in [-0.1, -0.05) is 13.8 Å². The molecule has 1 aromatic rings. The molecule has 1 saturated carbocycles. The SMILES string of the molecule is CC.NC1(c2cc(CN3CCCC3)ccn2)CC1. The number of nitrogens with zero attached hydrogens (tertiary/aromatic N) is 2. The summed E-state index contributed by atoms with van der Waals surface area (Å²) >= 11 is 0. The lowest BCUT2D eigenvalue weighted by atomic mass is 10.1. The van der Waals surface area contributed by atoms with E-state index in [1.54, 1.807) is 0 Å². The summed E-state index contributed by atoms with van der Waals surface area (Å²) < 4.78 is 0. The smallest absolute Gasteiger partial charge is 0.0605 e. The number of rotatable bonds is 3. The van der Waals surface area contributed by atoms with Crippen molar-refractivity contribution in [3.63, 3.8) is 0 Å². The third-order valence-electron chi connectivity index (χ3n) is 3.73. The minimum absolute atomic E-state index is 0.0962. The van der Waals surface area contributed by atoms with Crippen LogP contribution in [0.15, 0.2) is 18.3 Å². The summed E-state index contributed by atoms with van der Waals surface area (Å²) in [4.78, 5) is 6.91. The van der Waals surface area contributed by atoms with E-state index < -0.39 is 0 Å². The molecule has 1 saturated heterocycles. The number of hydrogen-bond acceptors (Lipinski definition) is 3. The van der Waals surface area contributed by atoms with Crippen molar-refractivity contribution in [3.05, 3.63) is 29.6 Å². The van der Waals surface area contributed by atoms with Gasteiger partial charge in [-0.3, -0.25) is 9.88 Å². The van der Waals surface area contributed by atoms with Crippen LogP contribution in [0.1, 0.15) is 50.8 Å². The molecule has 3 heteroatoms. The highest BCUT2D eigenvalue weighted by Gasteiger charge is 2.41. The summed E-state index contributed by atoms with van der Waals surface area (Å²) in [5, 5.41) is 0. The van der Waals surface area contributed by atoms with Crippen LogP contribution < -0.4 is 5.73 Å². The molecule has 2 N–H and O–H groups in total. The second-order valence-electron chi connectivity index (χ2n) is 5.19. The first-order chi connectivity index (χ1) is 8.76. The van der Waals surface area contributed by atoms with Gasteiger partial charge in [-0.2, -0.15) is 0 Å². The maximum atomic E-state index is 6.17. The van der Waals surface area contributed by atoms with Crippen LogP contribution in [-0.4, -0.2) is 23.0 Å².